The summed E-state index contributed by atoms with van der Waals surface area (Å²) in [6.45, 7) is 1.79. The number of methoxy groups -OCH3 is 1. The summed E-state index contributed by atoms with van der Waals surface area (Å²) in [6.07, 6.45) is 4.61. The van der Waals surface area contributed by atoms with Crippen LogP contribution >= 0.6 is 15.9 Å². The fraction of sp³-hybridized carbons (Fsp3) is 0.562. The molecule has 1 aliphatic rings. The average molecular weight is 356 g/mol. The number of carbonyl (C=O) groups is 1. The molecule has 0 atom stereocenters. The van der Waals surface area contributed by atoms with Crippen LogP contribution in [0.5, 0.6) is 0 Å². The second-order valence-corrected chi connectivity index (χ2v) is 6.62. The molecule has 21 heavy (non-hydrogen) atoms. The molecule has 0 spiro atoms. The third-order valence-electron chi connectivity index (χ3n) is 4.29. The molecule has 1 saturated carbocycles. The molecule has 116 valence electrons. The molecule has 2 N–H and O–H groups in total. The SMILES string of the molecule is COC(=O)c1ccc(CNCC2(CO)CCCC2)c(Br)c1. The summed E-state index contributed by atoms with van der Waals surface area (Å²) in [5.41, 5.74) is 1.68. The number of hydrogen-bond donors (Lipinski definition) is 2. The van der Waals surface area contributed by atoms with Crippen LogP contribution in [0, 0.1) is 5.41 Å². The van der Waals surface area contributed by atoms with E-state index in [-0.39, 0.29) is 18.0 Å². The van der Waals surface area contributed by atoms with E-state index >= 15 is 0 Å². The third-order valence-corrected chi connectivity index (χ3v) is 5.03. The van der Waals surface area contributed by atoms with Crippen molar-refractivity contribution < 1.29 is 14.6 Å². The first-order valence-electron chi connectivity index (χ1n) is 7.28. The van der Waals surface area contributed by atoms with E-state index < -0.39 is 0 Å². The van der Waals surface area contributed by atoms with Crippen LogP contribution in [-0.2, 0) is 11.3 Å². The number of rotatable bonds is 6. The van der Waals surface area contributed by atoms with Crippen LogP contribution in [0.2, 0.25) is 0 Å². The molecule has 0 amide bonds. The maximum atomic E-state index is 11.5. The normalized spacial score (nSPS) is 16.9. The molecule has 5 heteroatoms. The van der Waals surface area contributed by atoms with Gasteiger partial charge in [0.25, 0.3) is 0 Å². The number of nitrogens with one attached hydrogen (secondary N) is 1. The lowest BCUT2D eigenvalue weighted by Crippen LogP contribution is -2.34. The summed E-state index contributed by atoms with van der Waals surface area (Å²) in [5.74, 6) is -0.333. The van der Waals surface area contributed by atoms with Crippen molar-refractivity contribution in [3.63, 3.8) is 0 Å². The zero-order valence-electron chi connectivity index (χ0n) is 12.3. The first-order chi connectivity index (χ1) is 10.1. The first kappa shape index (κ1) is 16.5. The second-order valence-electron chi connectivity index (χ2n) is 5.77. The number of carbonyl (C=O) groups excluding carboxylic acids is 1. The molecule has 0 bridgehead atoms. The molecule has 2 rings (SSSR count). The number of ether oxygens (including phenoxy) is 1. The summed E-state index contributed by atoms with van der Waals surface area (Å²) in [7, 11) is 1.38. The number of benzene rings is 1. The van der Waals surface area contributed by atoms with E-state index in [0.29, 0.717) is 12.1 Å². The van der Waals surface area contributed by atoms with Crippen molar-refractivity contribution in [3.05, 3.63) is 33.8 Å². The van der Waals surface area contributed by atoms with Crippen LogP contribution in [-0.4, -0.2) is 31.3 Å². The highest BCUT2D eigenvalue weighted by atomic mass is 79.9. The van der Waals surface area contributed by atoms with Gasteiger partial charge in [-0.05, 0) is 30.5 Å². The lowest BCUT2D eigenvalue weighted by atomic mass is 9.87. The second kappa shape index (κ2) is 7.38. The van der Waals surface area contributed by atoms with E-state index in [1.165, 1.54) is 20.0 Å². The quantitative estimate of drug-likeness (QED) is 0.770. The minimum atomic E-state index is -0.333. The average Bonchev–Trinajstić information content (AvgIpc) is 2.97. The molecular weight excluding hydrogens is 334 g/mol. The highest BCUT2D eigenvalue weighted by Gasteiger charge is 2.32. The smallest absolute Gasteiger partial charge is 0.337 e. The fourth-order valence-electron chi connectivity index (χ4n) is 2.91. The van der Waals surface area contributed by atoms with Gasteiger partial charge in [-0.15, -0.1) is 0 Å². The molecule has 4 nitrogen and oxygen atoms in total. The highest BCUT2D eigenvalue weighted by molar-refractivity contribution is 9.10. The van der Waals surface area contributed by atoms with Gasteiger partial charge in [0, 0.05) is 29.6 Å². The Hall–Kier alpha value is -0.910. The lowest BCUT2D eigenvalue weighted by molar-refractivity contribution is 0.0600. The maximum absolute atomic E-state index is 11.5. The predicted molar refractivity (Wildman–Crippen MR) is 85.2 cm³/mol. The molecule has 0 heterocycles. The molecular formula is C16H22BrNO3. The van der Waals surface area contributed by atoms with Crippen molar-refractivity contribution in [2.24, 2.45) is 5.41 Å². The van der Waals surface area contributed by atoms with Gasteiger partial charge in [-0.1, -0.05) is 34.8 Å². The number of halogens is 1. The van der Waals surface area contributed by atoms with Gasteiger partial charge in [0.1, 0.15) is 0 Å². The minimum absolute atomic E-state index is 0.0540. The van der Waals surface area contributed by atoms with Gasteiger partial charge in [0.15, 0.2) is 0 Å². The third kappa shape index (κ3) is 4.05. The van der Waals surface area contributed by atoms with Crippen molar-refractivity contribution in [3.8, 4) is 0 Å². The fourth-order valence-corrected chi connectivity index (χ4v) is 3.43. The first-order valence-corrected chi connectivity index (χ1v) is 8.08. The van der Waals surface area contributed by atoms with Crippen LogP contribution in [0.25, 0.3) is 0 Å². The molecule has 1 fully saturated rings. The topological polar surface area (TPSA) is 58.6 Å². The van der Waals surface area contributed by atoms with Gasteiger partial charge >= 0.3 is 5.97 Å². The van der Waals surface area contributed by atoms with E-state index in [4.69, 9.17) is 4.74 Å². The van der Waals surface area contributed by atoms with E-state index in [1.54, 1.807) is 12.1 Å². The lowest BCUT2D eigenvalue weighted by Gasteiger charge is -2.26. The summed E-state index contributed by atoms with van der Waals surface area (Å²) in [6, 6.07) is 5.47. The van der Waals surface area contributed by atoms with Gasteiger partial charge < -0.3 is 15.2 Å². The van der Waals surface area contributed by atoms with Crippen molar-refractivity contribution in [2.75, 3.05) is 20.3 Å². The number of esters is 1. The molecule has 0 aliphatic heterocycles. The predicted octanol–water partition coefficient (Wildman–Crippen LogP) is 2.88. The molecule has 1 aromatic rings. The van der Waals surface area contributed by atoms with Crippen LogP contribution in [0.1, 0.15) is 41.6 Å². The Bertz CT molecular complexity index is 498. The van der Waals surface area contributed by atoms with Crippen molar-refractivity contribution in [1.29, 1.82) is 0 Å². The Morgan fingerprint density at radius 1 is 1.43 bits per heavy atom. The van der Waals surface area contributed by atoms with E-state index in [2.05, 4.69) is 21.2 Å². The molecule has 0 saturated heterocycles. The summed E-state index contributed by atoms with van der Waals surface area (Å²) in [5, 5.41) is 13.0. The Morgan fingerprint density at radius 3 is 2.71 bits per heavy atom. The van der Waals surface area contributed by atoms with Gasteiger partial charge in [0.2, 0.25) is 0 Å². The van der Waals surface area contributed by atoms with Crippen LogP contribution in [0.3, 0.4) is 0 Å². The maximum Gasteiger partial charge on any atom is 0.337 e. The largest absolute Gasteiger partial charge is 0.465 e. The summed E-state index contributed by atoms with van der Waals surface area (Å²) >= 11 is 3.49. The van der Waals surface area contributed by atoms with Crippen molar-refractivity contribution in [1.82, 2.24) is 5.32 Å². The van der Waals surface area contributed by atoms with E-state index in [0.717, 1.165) is 29.4 Å². The number of aliphatic hydroxyl groups is 1. The molecule has 0 unspecified atom stereocenters. The Morgan fingerprint density at radius 2 is 2.14 bits per heavy atom. The monoisotopic (exact) mass is 355 g/mol. The van der Waals surface area contributed by atoms with Crippen LogP contribution in [0.4, 0.5) is 0 Å². The molecule has 1 aliphatic carbocycles. The van der Waals surface area contributed by atoms with Crippen LogP contribution in [0.15, 0.2) is 22.7 Å². The van der Waals surface area contributed by atoms with Crippen molar-refractivity contribution >= 4 is 21.9 Å². The van der Waals surface area contributed by atoms with Gasteiger partial charge in [-0.25, -0.2) is 4.79 Å². The van der Waals surface area contributed by atoms with Gasteiger partial charge in [-0.2, -0.15) is 0 Å². The molecule has 0 radical (unpaired) electrons. The standard InChI is InChI=1S/C16H22BrNO3/c1-21-15(20)12-4-5-13(14(17)8-12)9-18-10-16(11-19)6-2-3-7-16/h4-5,8,18-19H,2-3,6-7,9-11H2,1H3. The molecule has 1 aromatic carbocycles. The Balaban J connectivity index is 1.93. The van der Waals surface area contributed by atoms with E-state index in [1.807, 2.05) is 6.07 Å². The number of aliphatic hydroxyl groups excluding tert-OH is 1. The Kier molecular flexibility index (Phi) is 5.79. The van der Waals surface area contributed by atoms with Gasteiger partial charge in [0.05, 0.1) is 12.7 Å². The van der Waals surface area contributed by atoms with E-state index in [9.17, 15) is 9.90 Å². The van der Waals surface area contributed by atoms with Crippen molar-refractivity contribution in [2.45, 2.75) is 32.2 Å². The zero-order valence-corrected chi connectivity index (χ0v) is 13.9. The summed E-state index contributed by atoms with van der Waals surface area (Å²) < 4.78 is 5.60. The van der Waals surface area contributed by atoms with Crippen LogP contribution < -0.4 is 5.32 Å². The van der Waals surface area contributed by atoms with Gasteiger partial charge in [-0.3, -0.25) is 0 Å². The summed E-state index contributed by atoms with van der Waals surface area (Å²) in [4.78, 5) is 11.5. The minimum Gasteiger partial charge on any atom is -0.465 e. The zero-order chi connectivity index (χ0) is 15.3. The molecule has 0 aromatic heterocycles. The highest BCUT2D eigenvalue weighted by Crippen LogP contribution is 2.37. The Labute approximate surface area is 134 Å². The number of hydrogen-bond acceptors (Lipinski definition) is 4.